The van der Waals surface area contributed by atoms with Crippen LogP contribution in [0.15, 0.2) is 91.4 Å². The highest BCUT2D eigenvalue weighted by atomic mass is 16.1. The molecule has 3 N–H and O–H groups in total. The lowest BCUT2D eigenvalue weighted by atomic mass is 10.00. The van der Waals surface area contributed by atoms with E-state index in [1.165, 1.54) is 0 Å². The second-order valence-corrected chi connectivity index (χ2v) is 8.27. The molecule has 5 aromatic rings. The van der Waals surface area contributed by atoms with E-state index in [2.05, 4.69) is 33.5 Å². The van der Waals surface area contributed by atoms with E-state index in [1.54, 1.807) is 25.5 Å². The van der Waals surface area contributed by atoms with Gasteiger partial charge in [-0.25, -0.2) is 9.97 Å². The summed E-state index contributed by atoms with van der Waals surface area (Å²) in [6, 6.07) is 23.9. The number of benzene rings is 2. The minimum absolute atomic E-state index is 0.409. The van der Waals surface area contributed by atoms with E-state index in [0.717, 1.165) is 33.3 Å². The van der Waals surface area contributed by atoms with Crippen LogP contribution in [0, 0.1) is 0 Å². The fourth-order valence-corrected chi connectivity index (χ4v) is 3.96. The zero-order valence-electron chi connectivity index (χ0n) is 19.2. The SMILES string of the molecule is CC(C(N)=O)c1cncc(-c2nc(NCc3ccccn3)c3c(-c4ccccc4)cccc3n2)c1. The number of pyridine rings is 2. The van der Waals surface area contributed by atoms with Crippen molar-refractivity contribution in [2.45, 2.75) is 19.4 Å². The summed E-state index contributed by atoms with van der Waals surface area (Å²) in [5, 5.41) is 4.40. The Morgan fingerprint density at radius 2 is 1.77 bits per heavy atom. The normalized spacial score (nSPS) is 11.8. The van der Waals surface area contributed by atoms with Crippen molar-refractivity contribution in [1.82, 2.24) is 19.9 Å². The van der Waals surface area contributed by atoms with Crippen LogP contribution in [-0.2, 0) is 11.3 Å². The first-order chi connectivity index (χ1) is 17.1. The summed E-state index contributed by atoms with van der Waals surface area (Å²) < 4.78 is 0. The lowest BCUT2D eigenvalue weighted by molar-refractivity contribution is -0.119. The average molecular weight is 461 g/mol. The monoisotopic (exact) mass is 460 g/mol. The van der Waals surface area contributed by atoms with Crippen molar-refractivity contribution in [3.63, 3.8) is 0 Å². The van der Waals surface area contributed by atoms with Crippen molar-refractivity contribution in [2.75, 3.05) is 5.32 Å². The first-order valence-corrected chi connectivity index (χ1v) is 11.3. The maximum Gasteiger partial charge on any atom is 0.224 e. The van der Waals surface area contributed by atoms with Gasteiger partial charge in [-0.05, 0) is 47.9 Å². The molecule has 1 amide bonds. The Morgan fingerprint density at radius 3 is 2.54 bits per heavy atom. The standard InChI is InChI=1S/C28H24N6O/c1-18(26(29)35)20-14-21(16-30-15-20)27-33-24-12-7-11-23(19-8-3-2-4-9-19)25(24)28(34-27)32-17-22-10-5-6-13-31-22/h2-16,18H,17H2,1H3,(H2,29,35)(H,32,33,34). The number of nitrogens with one attached hydrogen (secondary N) is 1. The molecule has 1 unspecified atom stereocenters. The van der Waals surface area contributed by atoms with Crippen molar-refractivity contribution < 1.29 is 4.79 Å². The van der Waals surface area contributed by atoms with E-state index >= 15 is 0 Å². The number of hydrogen-bond donors (Lipinski definition) is 2. The van der Waals surface area contributed by atoms with Crippen LogP contribution in [0.4, 0.5) is 5.82 Å². The van der Waals surface area contributed by atoms with Crippen molar-refractivity contribution in [3.8, 4) is 22.5 Å². The van der Waals surface area contributed by atoms with Crippen LogP contribution in [0.3, 0.4) is 0 Å². The van der Waals surface area contributed by atoms with E-state index < -0.39 is 11.8 Å². The predicted molar refractivity (Wildman–Crippen MR) is 137 cm³/mol. The molecule has 0 radical (unpaired) electrons. The minimum Gasteiger partial charge on any atom is -0.369 e. The molecule has 1 atom stereocenters. The number of rotatable bonds is 7. The molecule has 3 aromatic heterocycles. The Balaban J connectivity index is 1.66. The molecule has 0 aliphatic rings. The molecule has 0 spiro atoms. The molecule has 0 aliphatic heterocycles. The predicted octanol–water partition coefficient (Wildman–Crippen LogP) is 4.95. The van der Waals surface area contributed by atoms with Gasteiger partial charge in [0.2, 0.25) is 5.91 Å². The molecular weight excluding hydrogens is 436 g/mol. The summed E-state index contributed by atoms with van der Waals surface area (Å²) in [6.45, 7) is 2.27. The molecule has 35 heavy (non-hydrogen) atoms. The third-order valence-electron chi connectivity index (χ3n) is 5.92. The van der Waals surface area contributed by atoms with E-state index in [4.69, 9.17) is 15.7 Å². The number of fused-ring (bicyclic) bond motifs is 1. The molecule has 0 saturated heterocycles. The van der Waals surface area contributed by atoms with Crippen molar-refractivity contribution in [2.24, 2.45) is 5.73 Å². The van der Waals surface area contributed by atoms with Gasteiger partial charge in [-0.2, -0.15) is 0 Å². The van der Waals surface area contributed by atoms with Crippen molar-refractivity contribution >= 4 is 22.6 Å². The van der Waals surface area contributed by atoms with Gasteiger partial charge < -0.3 is 11.1 Å². The van der Waals surface area contributed by atoms with Gasteiger partial charge in [-0.15, -0.1) is 0 Å². The molecule has 0 aliphatic carbocycles. The Hall–Kier alpha value is -4.65. The number of carbonyl (C=O) groups excluding carboxylic acids is 1. The summed E-state index contributed by atoms with van der Waals surface area (Å²) in [6.07, 6.45) is 5.11. The lowest BCUT2D eigenvalue weighted by Crippen LogP contribution is -2.18. The minimum atomic E-state index is -0.464. The first-order valence-electron chi connectivity index (χ1n) is 11.3. The number of nitrogens with two attached hydrogens (primary N) is 1. The topological polar surface area (TPSA) is 107 Å². The largest absolute Gasteiger partial charge is 0.369 e. The maximum absolute atomic E-state index is 11.7. The van der Waals surface area contributed by atoms with Crippen LogP contribution < -0.4 is 11.1 Å². The molecule has 7 nitrogen and oxygen atoms in total. The highest BCUT2D eigenvalue weighted by Gasteiger charge is 2.17. The highest BCUT2D eigenvalue weighted by Crippen LogP contribution is 2.34. The number of primary amides is 1. The van der Waals surface area contributed by atoms with Crippen molar-refractivity contribution in [3.05, 3.63) is 103 Å². The molecule has 7 heteroatoms. The second kappa shape index (κ2) is 9.69. The molecule has 0 saturated carbocycles. The third-order valence-corrected chi connectivity index (χ3v) is 5.92. The van der Waals surface area contributed by atoms with E-state index in [-0.39, 0.29) is 0 Å². The summed E-state index contributed by atoms with van der Waals surface area (Å²) >= 11 is 0. The molecule has 3 heterocycles. The molecule has 5 rings (SSSR count). The molecule has 172 valence electrons. The summed E-state index contributed by atoms with van der Waals surface area (Å²) in [5.74, 6) is 0.337. The summed E-state index contributed by atoms with van der Waals surface area (Å²) in [7, 11) is 0. The Kier molecular flexibility index (Phi) is 6.13. The Morgan fingerprint density at radius 1 is 0.943 bits per heavy atom. The fourth-order valence-electron chi connectivity index (χ4n) is 3.96. The molecule has 0 fully saturated rings. The lowest BCUT2D eigenvalue weighted by Gasteiger charge is -2.15. The number of hydrogen-bond acceptors (Lipinski definition) is 6. The smallest absolute Gasteiger partial charge is 0.224 e. The second-order valence-electron chi connectivity index (χ2n) is 8.27. The third kappa shape index (κ3) is 4.70. The summed E-state index contributed by atoms with van der Waals surface area (Å²) in [4.78, 5) is 30.2. The van der Waals surface area contributed by atoms with Gasteiger partial charge in [0.1, 0.15) is 5.82 Å². The Bertz CT molecular complexity index is 1490. The van der Waals surface area contributed by atoms with Crippen LogP contribution in [0.1, 0.15) is 24.1 Å². The van der Waals surface area contributed by atoms with Gasteiger partial charge >= 0.3 is 0 Å². The van der Waals surface area contributed by atoms with E-state index in [1.807, 2.05) is 54.6 Å². The van der Waals surface area contributed by atoms with Crippen LogP contribution in [0.2, 0.25) is 0 Å². The highest BCUT2D eigenvalue weighted by molar-refractivity contribution is 6.02. The van der Waals surface area contributed by atoms with Gasteiger partial charge in [0, 0.05) is 24.2 Å². The molecule has 2 aromatic carbocycles. The quantitative estimate of drug-likeness (QED) is 0.356. The first kappa shape index (κ1) is 22.2. The van der Waals surface area contributed by atoms with Gasteiger partial charge in [0.05, 0.1) is 29.1 Å². The van der Waals surface area contributed by atoms with Crippen LogP contribution in [0.25, 0.3) is 33.4 Å². The number of anilines is 1. The maximum atomic E-state index is 11.7. The molecular formula is C28H24N6O. The number of nitrogens with zero attached hydrogens (tertiary/aromatic N) is 4. The molecule has 0 bridgehead atoms. The zero-order valence-corrected chi connectivity index (χ0v) is 19.2. The number of aromatic nitrogens is 4. The van der Waals surface area contributed by atoms with Crippen LogP contribution >= 0.6 is 0 Å². The number of amides is 1. The average Bonchev–Trinajstić information content (AvgIpc) is 2.92. The van der Waals surface area contributed by atoms with Crippen molar-refractivity contribution in [1.29, 1.82) is 0 Å². The zero-order chi connectivity index (χ0) is 24.2. The Labute approximate surface area is 203 Å². The van der Waals surface area contributed by atoms with Gasteiger partial charge in [0.15, 0.2) is 5.82 Å². The van der Waals surface area contributed by atoms with Gasteiger partial charge in [-0.3, -0.25) is 14.8 Å². The van der Waals surface area contributed by atoms with Gasteiger partial charge in [0.25, 0.3) is 0 Å². The summed E-state index contributed by atoms with van der Waals surface area (Å²) in [5.41, 5.74) is 10.8. The van der Waals surface area contributed by atoms with Gasteiger partial charge in [-0.1, -0.05) is 48.5 Å². The van der Waals surface area contributed by atoms with E-state index in [0.29, 0.717) is 23.8 Å². The van der Waals surface area contributed by atoms with Crippen LogP contribution in [-0.4, -0.2) is 25.8 Å². The fraction of sp³-hybridized carbons (Fsp3) is 0.107. The number of carbonyl (C=O) groups is 1. The van der Waals surface area contributed by atoms with Crippen LogP contribution in [0.5, 0.6) is 0 Å². The van der Waals surface area contributed by atoms with E-state index in [9.17, 15) is 4.79 Å².